The molecule has 2 aliphatic carbocycles. The Labute approximate surface area is 117 Å². The molecular formula is C17H28O2. The zero-order valence-corrected chi connectivity index (χ0v) is 12.9. The maximum Gasteiger partial charge on any atom is 0.137 e. The molecule has 2 rings (SSSR count). The molecule has 0 aromatic carbocycles. The van der Waals surface area contributed by atoms with E-state index in [0.717, 1.165) is 12.3 Å². The maximum absolute atomic E-state index is 12.4. The van der Waals surface area contributed by atoms with E-state index in [1.54, 1.807) is 6.92 Å². The van der Waals surface area contributed by atoms with Crippen LogP contribution in [0.1, 0.15) is 66.2 Å². The molecule has 0 amide bonds. The summed E-state index contributed by atoms with van der Waals surface area (Å²) in [6, 6.07) is 0. The van der Waals surface area contributed by atoms with Gasteiger partial charge in [0.05, 0.1) is 0 Å². The fourth-order valence-electron chi connectivity index (χ4n) is 3.90. The Bertz CT molecular complexity index is 358. The molecule has 0 spiro atoms. The first-order valence-corrected chi connectivity index (χ1v) is 7.84. The Morgan fingerprint density at radius 3 is 2.21 bits per heavy atom. The lowest BCUT2D eigenvalue weighted by Gasteiger charge is -2.28. The third-order valence-corrected chi connectivity index (χ3v) is 5.20. The van der Waals surface area contributed by atoms with Crippen molar-refractivity contribution in [2.24, 2.45) is 29.1 Å². The van der Waals surface area contributed by atoms with Crippen LogP contribution in [-0.4, -0.2) is 11.6 Å². The number of ketones is 2. The molecule has 2 heteroatoms. The van der Waals surface area contributed by atoms with Gasteiger partial charge in [-0.3, -0.25) is 9.59 Å². The number of hydrogen-bond acceptors (Lipinski definition) is 2. The number of rotatable bonds is 5. The lowest BCUT2D eigenvalue weighted by Crippen LogP contribution is -2.30. The molecule has 0 aromatic rings. The lowest BCUT2D eigenvalue weighted by atomic mass is 9.75. The van der Waals surface area contributed by atoms with Crippen molar-refractivity contribution in [3.63, 3.8) is 0 Å². The van der Waals surface area contributed by atoms with Crippen LogP contribution in [0.4, 0.5) is 0 Å². The fourth-order valence-corrected chi connectivity index (χ4v) is 3.90. The molecule has 2 nitrogen and oxygen atoms in total. The predicted octanol–water partition coefficient (Wildman–Crippen LogP) is 4.02. The Hall–Kier alpha value is -0.660. The first-order chi connectivity index (χ1) is 8.80. The monoisotopic (exact) mass is 264 g/mol. The Kier molecular flexibility index (Phi) is 4.17. The summed E-state index contributed by atoms with van der Waals surface area (Å²) >= 11 is 0. The van der Waals surface area contributed by atoms with Crippen LogP contribution in [-0.2, 0) is 9.59 Å². The zero-order valence-electron chi connectivity index (χ0n) is 12.9. The highest BCUT2D eigenvalue weighted by Gasteiger charge is 2.48. The van der Waals surface area contributed by atoms with Gasteiger partial charge in [0, 0.05) is 18.3 Å². The molecule has 0 N–H and O–H groups in total. The standard InChI is InChI=1S/C17H28O2/c1-11(18)15(17(2,3)4)10-16(19)14-9-13(14)12-7-5-6-8-12/h12-15H,5-10H2,1-4H3/t13?,14?,15-/m1/s1. The van der Waals surface area contributed by atoms with Crippen molar-refractivity contribution < 1.29 is 9.59 Å². The summed E-state index contributed by atoms with van der Waals surface area (Å²) in [6.45, 7) is 7.82. The van der Waals surface area contributed by atoms with Gasteiger partial charge < -0.3 is 0 Å². The molecule has 2 fully saturated rings. The van der Waals surface area contributed by atoms with Crippen molar-refractivity contribution in [3.8, 4) is 0 Å². The van der Waals surface area contributed by atoms with E-state index in [2.05, 4.69) is 20.8 Å². The van der Waals surface area contributed by atoms with Gasteiger partial charge in [0.15, 0.2) is 0 Å². The largest absolute Gasteiger partial charge is 0.300 e. The van der Waals surface area contributed by atoms with Crippen LogP contribution in [0.15, 0.2) is 0 Å². The van der Waals surface area contributed by atoms with Crippen LogP contribution in [0.3, 0.4) is 0 Å². The average molecular weight is 264 g/mol. The summed E-state index contributed by atoms with van der Waals surface area (Å²) in [5.41, 5.74) is -0.0980. The maximum atomic E-state index is 12.4. The van der Waals surface area contributed by atoms with Crippen LogP contribution in [0.2, 0.25) is 0 Å². The summed E-state index contributed by atoms with van der Waals surface area (Å²) in [5, 5.41) is 0. The van der Waals surface area contributed by atoms with Gasteiger partial charge in [0.2, 0.25) is 0 Å². The van der Waals surface area contributed by atoms with E-state index in [0.29, 0.717) is 18.1 Å². The summed E-state index contributed by atoms with van der Waals surface area (Å²) in [4.78, 5) is 24.1. The summed E-state index contributed by atoms with van der Waals surface area (Å²) < 4.78 is 0. The number of carbonyl (C=O) groups is 2. The van der Waals surface area contributed by atoms with Gasteiger partial charge in [-0.25, -0.2) is 0 Å². The smallest absolute Gasteiger partial charge is 0.137 e. The average Bonchev–Trinajstić information content (AvgIpc) is 2.90. The van der Waals surface area contributed by atoms with Gasteiger partial charge >= 0.3 is 0 Å². The minimum atomic E-state index is -0.107. The van der Waals surface area contributed by atoms with Crippen LogP contribution in [0.25, 0.3) is 0 Å². The predicted molar refractivity (Wildman–Crippen MR) is 76.8 cm³/mol. The second-order valence-corrected chi connectivity index (χ2v) is 7.75. The molecular weight excluding hydrogens is 236 g/mol. The zero-order chi connectivity index (χ0) is 14.2. The number of hydrogen-bond donors (Lipinski definition) is 0. The van der Waals surface area contributed by atoms with E-state index >= 15 is 0 Å². The van der Waals surface area contributed by atoms with E-state index in [1.165, 1.54) is 25.7 Å². The van der Waals surface area contributed by atoms with Crippen LogP contribution in [0.5, 0.6) is 0 Å². The lowest BCUT2D eigenvalue weighted by molar-refractivity contribution is -0.130. The molecule has 0 heterocycles. The van der Waals surface area contributed by atoms with Crippen LogP contribution < -0.4 is 0 Å². The van der Waals surface area contributed by atoms with E-state index in [9.17, 15) is 9.59 Å². The summed E-state index contributed by atoms with van der Waals surface area (Å²) in [7, 11) is 0. The molecule has 3 atom stereocenters. The van der Waals surface area contributed by atoms with Gasteiger partial charge in [-0.05, 0) is 30.6 Å². The molecule has 2 unspecified atom stereocenters. The van der Waals surface area contributed by atoms with Crippen molar-refractivity contribution in [1.82, 2.24) is 0 Å². The van der Waals surface area contributed by atoms with Crippen molar-refractivity contribution >= 4 is 11.6 Å². The van der Waals surface area contributed by atoms with Gasteiger partial charge in [-0.2, -0.15) is 0 Å². The first kappa shape index (κ1) is 14.7. The van der Waals surface area contributed by atoms with Crippen LogP contribution in [0, 0.1) is 29.1 Å². The fraction of sp³-hybridized carbons (Fsp3) is 0.882. The Balaban J connectivity index is 1.89. The van der Waals surface area contributed by atoms with E-state index in [-0.39, 0.29) is 23.0 Å². The van der Waals surface area contributed by atoms with Crippen LogP contribution >= 0.6 is 0 Å². The topological polar surface area (TPSA) is 34.1 Å². The molecule has 0 bridgehead atoms. The van der Waals surface area contributed by atoms with Gasteiger partial charge in [-0.1, -0.05) is 46.5 Å². The second-order valence-electron chi connectivity index (χ2n) is 7.75. The highest BCUT2D eigenvalue weighted by Crippen LogP contribution is 2.51. The van der Waals surface area contributed by atoms with Gasteiger partial charge in [-0.15, -0.1) is 0 Å². The third kappa shape index (κ3) is 3.46. The molecule has 0 saturated heterocycles. The normalized spacial score (nSPS) is 29.3. The highest BCUT2D eigenvalue weighted by molar-refractivity contribution is 5.89. The van der Waals surface area contributed by atoms with Crippen molar-refractivity contribution in [3.05, 3.63) is 0 Å². The molecule has 2 aliphatic rings. The molecule has 2 saturated carbocycles. The van der Waals surface area contributed by atoms with Gasteiger partial charge in [0.25, 0.3) is 0 Å². The molecule has 108 valence electrons. The highest BCUT2D eigenvalue weighted by atomic mass is 16.1. The van der Waals surface area contributed by atoms with E-state index < -0.39 is 0 Å². The second kappa shape index (κ2) is 5.38. The van der Waals surface area contributed by atoms with Gasteiger partial charge in [0.1, 0.15) is 11.6 Å². The summed E-state index contributed by atoms with van der Waals surface area (Å²) in [5.74, 6) is 2.16. The van der Waals surface area contributed by atoms with Crippen molar-refractivity contribution in [1.29, 1.82) is 0 Å². The minimum absolute atomic E-state index is 0.0980. The molecule has 0 aromatic heterocycles. The van der Waals surface area contributed by atoms with Crippen molar-refractivity contribution in [2.75, 3.05) is 0 Å². The van der Waals surface area contributed by atoms with E-state index in [1.807, 2.05) is 0 Å². The van der Waals surface area contributed by atoms with E-state index in [4.69, 9.17) is 0 Å². The summed E-state index contributed by atoms with van der Waals surface area (Å²) in [6.07, 6.45) is 6.90. The molecule has 19 heavy (non-hydrogen) atoms. The molecule has 0 aliphatic heterocycles. The SMILES string of the molecule is CC(=O)[C@@H](CC(=O)C1CC1C1CCCC1)C(C)(C)C. The minimum Gasteiger partial charge on any atom is -0.300 e. The first-order valence-electron chi connectivity index (χ1n) is 7.84. The Morgan fingerprint density at radius 1 is 1.16 bits per heavy atom. The Morgan fingerprint density at radius 2 is 1.74 bits per heavy atom. The van der Waals surface area contributed by atoms with Crippen molar-refractivity contribution in [2.45, 2.75) is 66.2 Å². The number of Topliss-reactive ketones (excluding diaryl/α,β-unsaturated/α-hetero) is 2. The molecule has 0 radical (unpaired) electrons. The third-order valence-electron chi connectivity index (χ3n) is 5.20. The quantitative estimate of drug-likeness (QED) is 0.751. The number of carbonyl (C=O) groups excluding carboxylic acids is 2.